The van der Waals surface area contributed by atoms with E-state index < -0.39 is 6.10 Å². The van der Waals surface area contributed by atoms with Gasteiger partial charge >= 0.3 is 0 Å². The number of carbonyl (C=O) groups is 1. The van der Waals surface area contributed by atoms with Crippen LogP contribution < -0.4 is 0 Å². The summed E-state index contributed by atoms with van der Waals surface area (Å²) in [6.07, 6.45) is 5.01. The first-order chi connectivity index (χ1) is 6.95. The Morgan fingerprint density at radius 3 is 2.80 bits per heavy atom. The normalized spacial score (nSPS) is 40.7. The molecule has 0 aliphatic heterocycles. The third-order valence-corrected chi connectivity index (χ3v) is 3.89. The van der Waals surface area contributed by atoms with Crippen molar-refractivity contribution in [1.82, 2.24) is 0 Å². The van der Waals surface area contributed by atoms with Crippen LogP contribution in [-0.2, 0) is 4.79 Å². The van der Waals surface area contributed by atoms with Crippen LogP contribution in [0.5, 0.6) is 0 Å². The Kier molecular flexibility index (Phi) is 2.34. The minimum absolute atomic E-state index is 0.0670. The van der Waals surface area contributed by atoms with Crippen molar-refractivity contribution in [3.05, 3.63) is 23.3 Å². The average molecular weight is 206 g/mol. The molecule has 0 saturated carbocycles. The van der Waals surface area contributed by atoms with Gasteiger partial charge in [0.25, 0.3) is 0 Å². The molecule has 82 valence electrons. The molecule has 1 N–H and O–H groups in total. The van der Waals surface area contributed by atoms with Gasteiger partial charge in [0, 0.05) is 11.3 Å². The Morgan fingerprint density at radius 1 is 1.47 bits per heavy atom. The number of hydrogen-bond donors (Lipinski definition) is 1. The van der Waals surface area contributed by atoms with Crippen LogP contribution in [0.3, 0.4) is 0 Å². The van der Waals surface area contributed by atoms with Gasteiger partial charge in [-0.15, -0.1) is 0 Å². The molecule has 0 aromatic rings. The number of ketones is 1. The van der Waals surface area contributed by atoms with Crippen molar-refractivity contribution in [3.63, 3.8) is 0 Å². The van der Waals surface area contributed by atoms with Crippen LogP contribution in [0.15, 0.2) is 23.3 Å². The number of aliphatic hydroxyl groups excluding tert-OH is 1. The van der Waals surface area contributed by atoms with E-state index in [2.05, 4.69) is 13.0 Å². The zero-order chi connectivity index (χ0) is 11.2. The van der Waals surface area contributed by atoms with Gasteiger partial charge < -0.3 is 5.11 Å². The highest BCUT2D eigenvalue weighted by atomic mass is 16.3. The van der Waals surface area contributed by atoms with E-state index in [0.717, 1.165) is 18.4 Å². The molecule has 0 aromatic carbocycles. The van der Waals surface area contributed by atoms with Crippen molar-refractivity contribution < 1.29 is 9.90 Å². The highest BCUT2D eigenvalue weighted by molar-refractivity contribution is 6.00. The second kappa shape index (κ2) is 3.31. The SMILES string of the molecule is CC1=CC[C@@H]2[C@@H](O)C=C(C)C(=O)[C@]2(C)C1. The first-order valence-corrected chi connectivity index (χ1v) is 5.52. The molecule has 0 spiro atoms. The quantitative estimate of drug-likeness (QED) is 0.617. The number of fused-ring (bicyclic) bond motifs is 1. The predicted molar refractivity (Wildman–Crippen MR) is 59.4 cm³/mol. The number of allylic oxidation sites excluding steroid dienone is 3. The Morgan fingerprint density at radius 2 is 2.13 bits per heavy atom. The van der Waals surface area contributed by atoms with Gasteiger partial charge in [-0.3, -0.25) is 4.79 Å². The molecule has 2 nitrogen and oxygen atoms in total. The lowest BCUT2D eigenvalue weighted by atomic mass is 9.60. The fourth-order valence-corrected chi connectivity index (χ4v) is 3.03. The molecule has 2 aliphatic rings. The Balaban J connectivity index is 2.45. The smallest absolute Gasteiger partial charge is 0.164 e. The Hall–Kier alpha value is -0.890. The van der Waals surface area contributed by atoms with Crippen molar-refractivity contribution in [3.8, 4) is 0 Å². The van der Waals surface area contributed by atoms with Gasteiger partial charge in [-0.05, 0) is 38.3 Å². The van der Waals surface area contributed by atoms with Crippen molar-refractivity contribution in [2.75, 3.05) is 0 Å². The van der Waals surface area contributed by atoms with Crippen molar-refractivity contribution in [1.29, 1.82) is 0 Å². The van der Waals surface area contributed by atoms with Crippen molar-refractivity contribution in [2.45, 2.75) is 39.7 Å². The molecular weight excluding hydrogens is 188 g/mol. The van der Waals surface area contributed by atoms with Gasteiger partial charge in [-0.1, -0.05) is 18.6 Å². The lowest BCUT2D eigenvalue weighted by Crippen LogP contribution is -2.47. The summed E-state index contributed by atoms with van der Waals surface area (Å²) in [4.78, 5) is 12.2. The number of aliphatic hydroxyl groups is 1. The fourth-order valence-electron chi connectivity index (χ4n) is 3.03. The molecule has 0 aromatic heterocycles. The second-order valence-electron chi connectivity index (χ2n) is 5.16. The zero-order valence-electron chi connectivity index (χ0n) is 9.58. The van der Waals surface area contributed by atoms with Crippen LogP contribution in [0.1, 0.15) is 33.6 Å². The third kappa shape index (κ3) is 1.48. The molecule has 0 unspecified atom stereocenters. The molecule has 3 atom stereocenters. The Labute approximate surface area is 90.7 Å². The van der Waals surface area contributed by atoms with Crippen LogP contribution in [0, 0.1) is 11.3 Å². The summed E-state index contributed by atoms with van der Waals surface area (Å²) in [5.41, 5.74) is 1.61. The van der Waals surface area contributed by atoms with Crippen LogP contribution in [-0.4, -0.2) is 17.0 Å². The standard InChI is InChI=1S/C13H18O2/c1-8-4-5-10-11(14)6-9(2)12(15)13(10,3)7-8/h4,6,10-11,14H,5,7H2,1-3H3/t10-,11+,13-/m1/s1. The summed E-state index contributed by atoms with van der Waals surface area (Å²) in [5, 5.41) is 9.99. The largest absolute Gasteiger partial charge is 0.389 e. The number of rotatable bonds is 0. The molecule has 0 amide bonds. The van der Waals surface area contributed by atoms with Gasteiger partial charge in [0.05, 0.1) is 6.10 Å². The molecule has 0 radical (unpaired) electrons. The Bertz CT molecular complexity index is 365. The number of Topliss-reactive ketones (excluding diaryl/α,β-unsaturated/α-hetero) is 1. The molecule has 0 fully saturated rings. The van der Waals surface area contributed by atoms with E-state index in [9.17, 15) is 9.90 Å². The predicted octanol–water partition coefficient (Wildman–Crippen LogP) is 2.24. The maximum Gasteiger partial charge on any atom is 0.164 e. The molecule has 2 heteroatoms. The lowest BCUT2D eigenvalue weighted by molar-refractivity contribution is -0.131. The summed E-state index contributed by atoms with van der Waals surface area (Å²) < 4.78 is 0. The molecular formula is C13H18O2. The van der Waals surface area contributed by atoms with E-state index in [1.165, 1.54) is 5.57 Å². The topological polar surface area (TPSA) is 37.3 Å². The number of carbonyl (C=O) groups excluding carboxylic acids is 1. The lowest BCUT2D eigenvalue weighted by Gasteiger charge is -2.44. The van der Waals surface area contributed by atoms with Gasteiger partial charge in [0.15, 0.2) is 5.78 Å². The highest BCUT2D eigenvalue weighted by Crippen LogP contribution is 2.47. The van der Waals surface area contributed by atoms with Crippen LogP contribution in [0.4, 0.5) is 0 Å². The maximum atomic E-state index is 12.2. The van der Waals surface area contributed by atoms with Crippen LogP contribution in [0.2, 0.25) is 0 Å². The van der Waals surface area contributed by atoms with Gasteiger partial charge in [0.1, 0.15) is 0 Å². The molecule has 0 saturated heterocycles. The van der Waals surface area contributed by atoms with Gasteiger partial charge in [-0.25, -0.2) is 0 Å². The summed E-state index contributed by atoms with van der Waals surface area (Å²) in [5.74, 6) is 0.280. The summed E-state index contributed by atoms with van der Waals surface area (Å²) in [6.45, 7) is 5.87. The molecule has 0 heterocycles. The van der Waals surface area contributed by atoms with E-state index in [-0.39, 0.29) is 17.1 Å². The molecule has 15 heavy (non-hydrogen) atoms. The molecule has 0 bridgehead atoms. The second-order valence-corrected chi connectivity index (χ2v) is 5.16. The monoisotopic (exact) mass is 206 g/mol. The van der Waals surface area contributed by atoms with E-state index in [0.29, 0.717) is 0 Å². The van der Waals surface area contributed by atoms with Gasteiger partial charge in [-0.2, -0.15) is 0 Å². The zero-order valence-corrected chi connectivity index (χ0v) is 9.58. The summed E-state index contributed by atoms with van der Waals surface area (Å²) >= 11 is 0. The van der Waals surface area contributed by atoms with E-state index in [4.69, 9.17) is 0 Å². The third-order valence-electron chi connectivity index (χ3n) is 3.89. The minimum atomic E-state index is -0.461. The summed E-state index contributed by atoms with van der Waals surface area (Å²) in [7, 11) is 0. The van der Waals surface area contributed by atoms with Crippen molar-refractivity contribution in [2.24, 2.45) is 11.3 Å². The maximum absolute atomic E-state index is 12.2. The van der Waals surface area contributed by atoms with Crippen molar-refractivity contribution >= 4 is 5.78 Å². The van der Waals surface area contributed by atoms with E-state index >= 15 is 0 Å². The van der Waals surface area contributed by atoms with Crippen LogP contribution in [0.25, 0.3) is 0 Å². The molecule has 2 aliphatic carbocycles. The van der Waals surface area contributed by atoms with E-state index in [1.807, 2.05) is 6.92 Å². The first kappa shape index (κ1) is 10.6. The van der Waals surface area contributed by atoms with Gasteiger partial charge in [0.2, 0.25) is 0 Å². The van der Waals surface area contributed by atoms with E-state index in [1.54, 1.807) is 13.0 Å². The number of hydrogen-bond acceptors (Lipinski definition) is 2. The summed E-state index contributed by atoms with van der Waals surface area (Å²) in [6, 6.07) is 0. The minimum Gasteiger partial charge on any atom is -0.389 e. The van der Waals surface area contributed by atoms with Crippen LogP contribution >= 0.6 is 0 Å². The molecule has 2 rings (SSSR count). The fraction of sp³-hybridized carbons (Fsp3) is 0.615. The highest BCUT2D eigenvalue weighted by Gasteiger charge is 2.48. The average Bonchev–Trinajstić information content (AvgIpc) is 2.14. The first-order valence-electron chi connectivity index (χ1n) is 5.52.